The van der Waals surface area contributed by atoms with Gasteiger partial charge >= 0.3 is 5.63 Å². The van der Waals surface area contributed by atoms with Gasteiger partial charge in [-0.3, -0.25) is 0 Å². The van der Waals surface area contributed by atoms with Gasteiger partial charge in [0.25, 0.3) is 0 Å². The maximum Gasteiger partial charge on any atom is 0.344 e. The van der Waals surface area contributed by atoms with E-state index in [0.717, 1.165) is 27.2 Å². The summed E-state index contributed by atoms with van der Waals surface area (Å²) in [5, 5.41) is 2.62. The summed E-state index contributed by atoms with van der Waals surface area (Å²) in [6.45, 7) is 2.09. The maximum absolute atomic E-state index is 12.0. The summed E-state index contributed by atoms with van der Waals surface area (Å²) in [5.41, 5.74) is 1.52. The number of hydrogen-bond donors (Lipinski definition) is 0. The van der Waals surface area contributed by atoms with Gasteiger partial charge in [0.2, 0.25) is 0 Å². The molecule has 1 heterocycles. The van der Waals surface area contributed by atoms with Crippen LogP contribution in [0.25, 0.3) is 21.7 Å². The Morgan fingerprint density at radius 3 is 2.67 bits per heavy atom. The van der Waals surface area contributed by atoms with Gasteiger partial charge in [0, 0.05) is 15.2 Å². The smallest absolute Gasteiger partial charge is 0.344 e. The molecule has 0 saturated heterocycles. The third-order valence-corrected chi connectivity index (χ3v) is 3.84. The minimum atomic E-state index is -0.272. The molecule has 0 radical (unpaired) electrons. The second-order valence-corrected chi connectivity index (χ2v) is 5.05. The summed E-state index contributed by atoms with van der Waals surface area (Å²) in [7, 11) is 0. The van der Waals surface area contributed by atoms with Crippen LogP contribution in [0, 0.1) is 0 Å². The third-order valence-electron chi connectivity index (χ3n) is 3.18. The molecule has 2 nitrogen and oxygen atoms in total. The summed E-state index contributed by atoms with van der Waals surface area (Å²) < 4.78 is 6.32. The average molecular weight is 303 g/mol. The molecular formula is C15H11BrO2. The van der Waals surface area contributed by atoms with Gasteiger partial charge in [-0.2, -0.15) is 0 Å². The number of halogens is 1. The van der Waals surface area contributed by atoms with E-state index in [1.54, 1.807) is 0 Å². The molecule has 3 rings (SSSR count). The fraction of sp³-hybridized carbons (Fsp3) is 0.133. The van der Waals surface area contributed by atoms with E-state index in [1.807, 2.05) is 30.3 Å². The molecule has 0 atom stereocenters. The fourth-order valence-corrected chi connectivity index (χ4v) is 2.89. The van der Waals surface area contributed by atoms with E-state index in [2.05, 4.69) is 28.9 Å². The zero-order chi connectivity index (χ0) is 12.7. The van der Waals surface area contributed by atoms with E-state index in [4.69, 9.17) is 4.42 Å². The minimum absolute atomic E-state index is 0.272. The highest BCUT2D eigenvalue weighted by Crippen LogP contribution is 2.31. The highest BCUT2D eigenvalue weighted by Gasteiger charge is 2.12. The van der Waals surface area contributed by atoms with E-state index in [9.17, 15) is 4.79 Å². The molecular weight excluding hydrogens is 292 g/mol. The quantitative estimate of drug-likeness (QED) is 0.496. The van der Waals surface area contributed by atoms with Gasteiger partial charge in [-0.1, -0.05) is 41.1 Å². The summed E-state index contributed by atoms with van der Waals surface area (Å²) in [6, 6.07) is 11.4. The first kappa shape index (κ1) is 11.5. The van der Waals surface area contributed by atoms with Crippen molar-refractivity contribution in [2.75, 3.05) is 0 Å². The average Bonchev–Trinajstić information content (AvgIpc) is 2.38. The lowest BCUT2D eigenvalue weighted by Gasteiger charge is -2.08. The Hall–Kier alpha value is -1.61. The Labute approximate surface area is 112 Å². The molecule has 0 unspecified atom stereocenters. The van der Waals surface area contributed by atoms with Crippen molar-refractivity contribution in [2.24, 2.45) is 0 Å². The van der Waals surface area contributed by atoms with Gasteiger partial charge in [0.05, 0.1) is 5.39 Å². The van der Waals surface area contributed by atoms with Gasteiger partial charge in [-0.15, -0.1) is 0 Å². The summed E-state index contributed by atoms with van der Waals surface area (Å²) in [5.74, 6) is 0. The van der Waals surface area contributed by atoms with Crippen molar-refractivity contribution in [1.29, 1.82) is 0 Å². The van der Waals surface area contributed by atoms with Crippen LogP contribution in [0.5, 0.6) is 0 Å². The van der Waals surface area contributed by atoms with Crippen molar-refractivity contribution in [3.8, 4) is 0 Å². The summed E-state index contributed by atoms with van der Waals surface area (Å²) >= 11 is 3.54. The lowest BCUT2D eigenvalue weighted by molar-refractivity contribution is 0.569. The summed E-state index contributed by atoms with van der Waals surface area (Å²) in [6.07, 6.45) is 0.886. The zero-order valence-electron chi connectivity index (χ0n) is 9.87. The largest absolute Gasteiger partial charge is 0.422 e. The van der Waals surface area contributed by atoms with Gasteiger partial charge in [-0.25, -0.2) is 4.79 Å². The molecule has 0 saturated carbocycles. The van der Waals surface area contributed by atoms with Crippen LogP contribution in [-0.2, 0) is 6.42 Å². The highest BCUT2D eigenvalue weighted by atomic mass is 79.9. The van der Waals surface area contributed by atoms with E-state index in [-0.39, 0.29) is 5.63 Å². The Bertz CT molecular complexity index is 803. The zero-order valence-corrected chi connectivity index (χ0v) is 11.5. The van der Waals surface area contributed by atoms with Crippen molar-refractivity contribution in [1.82, 2.24) is 0 Å². The number of fused-ring (bicyclic) bond motifs is 3. The molecule has 3 heteroatoms. The lowest BCUT2D eigenvalue weighted by Crippen LogP contribution is -2.01. The molecule has 0 bridgehead atoms. The second-order valence-electron chi connectivity index (χ2n) is 4.20. The van der Waals surface area contributed by atoms with Crippen LogP contribution >= 0.6 is 15.9 Å². The Kier molecular flexibility index (Phi) is 2.71. The predicted octanol–water partition coefficient (Wildman–Crippen LogP) is 4.27. The van der Waals surface area contributed by atoms with Gasteiger partial charge in [-0.05, 0) is 30.2 Å². The minimum Gasteiger partial charge on any atom is -0.422 e. The van der Waals surface area contributed by atoms with Crippen molar-refractivity contribution in [3.63, 3.8) is 0 Å². The molecule has 0 N–H and O–H groups in total. The number of aryl methyl sites for hydroxylation is 1. The van der Waals surface area contributed by atoms with Crippen molar-refractivity contribution < 1.29 is 4.42 Å². The second kappa shape index (κ2) is 4.25. The maximum atomic E-state index is 12.0. The monoisotopic (exact) mass is 302 g/mol. The Morgan fingerprint density at radius 1 is 1.11 bits per heavy atom. The first-order valence-corrected chi connectivity index (χ1v) is 6.64. The van der Waals surface area contributed by atoms with Crippen LogP contribution < -0.4 is 5.63 Å². The number of rotatable bonds is 1. The first-order valence-electron chi connectivity index (χ1n) is 5.85. The van der Waals surface area contributed by atoms with E-state index in [0.29, 0.717) is 11.0 Å². The van der Waals surface area contributed by atoms with Crippen molar-refractivity contribution >= 4 is 37.7 Å². The molecule has 3 aromatic rings. The van der Waals surface area contributed by atoms with Crippen LogP contribution in [0.1, 0.15) is 12.5 Å². The van der Waals surface area contributed by atoms with Crippen LogP contribution in [0.4, 0.5) is 0 Å². The molecule has 0 spiro atoms. The Morgan fingerprint density at radius 2 is 1.89 bits per heavy atom. The molecule has 0 aliphatic rings. The third kappa shape index (κ3) is 1.58. The van der Waals surface area contributed by atoms with Crippen molar-refractivity contribution in [3.05, 3.63) is 56.9 Å². The first-order chi connectivity index (χ1) is 8.72. The van der Waals surface area contributed by atoms with E-state index in [1.165, 1.54) is 0 Å². The molecule has 2 aromatic carbocycles. The van der Waals surface area contributed by atoms with Gasteiger partial charge in [0.15, 0.2) is 0 Å². The lowest BCUT2D eigenvalue weighted by atomic mass is 10.0. The Balaban J connectivity index is 2.70. The van der Waals surface area contributed by atoms with E-state index < -0.39 is 0 Å². The number of hydrogen-bond acceptors (Lipinski definition) is 2. The number of benzene rings is 2. The van der Waals surface area contributed by atoms with Gasteiger partial charge < -0.3 is 4.42 Å². The topological polar surface area (TPSA) is 30.2 Å². The fourth-order valence-electron chi connectivity index (χ4n) is 2.35. The van der Waals surface area contributed by atoms with Crippen molar-refractivity contribution in [2.45, 2.75) is 13.3 Å². The molecule has 18 heavy (non-hydrogen) atoms. The molecule has 1 aromatic heterocycles. The highest BCUT2D eigenvalue weighted by molar-refractivity contribution is 9.10. The van der Waals surface area contributed by atoms with E-state index >= 15 is 0 Å². The van der Waals surface area contributed by atoms with Crippen LogP contribution in [0.2, 0.25) is 0 Å². The molecule has 0 amide bonds. The normalized spacial score (nSPS) is 11.2. The van der Waals surface area contributed by atoms with Crippen LogP contribution in [0.15, 0.2) is 50.1 Å². The predicted molar refractivity (Wildman–Crippen MR) is 77.1 cm³/mol. The summed E-state index contributed by atoms with van der Waals surface area (Å²) in [4.78, 5) is 12.0. The van der Waals surface area contributed by atoms with Crippen LogP contribution in [0.3, 0.4) is 0 Å². The van der Waals surface area contributed by atoms with Gasteiger partial charge in [0.1, 0.15) is 5.58 Å². The molecule has 0 aliphatic carbocycles. The molecule has 0 aliphatic heterocycles. The molecule has 0 fully saturated rings. The van der Waals surface area contributed by atoms with Crippen LogP contribution in [-0.4, -0.2) is 0 Å². The molecule has 90 valence electrons. The SMILES string of the molecule is CCc1cccc2c(=O)oc3cccc(Br)c3c12. The standard InChI is InChI=1S/C15H11BrO2/c1-2-9-5-3-6-10-13(9)14-11(16)7-4-8-12(14)18-15(10)17/h3-8H,2H2,1H3.